The average molecular weight is 156 g/mol. The number of likely N-dealkylation sites (tertiary alicyclic amines) is 1. The summed E-state index contributed by atoms with van der Waals surface area (Å²) in [6, 6.07) is 0. The van der Waals surface area contributed by atoms with Crippen molar-refractivity contribution in [3.8, 4) is 0 Å². The molecular weight excluding hydrogens is 140 g/mol. The van der Waals surface area contributed by atoms with Gasteiger partial charge in [-0.3, -0.25) is 4.79 Å². The molecule has 3 heteroatoms. The van der Waals surface area contributed by atoms with Crippen LogP contribution >= 0.6 is 0 Å². The van der Waals surface area contributed by atoms with E-state index in [0.717, 1.165) is 13.0 Å². The number of carbonyl (C=O) groups is 1. The van der Waals surface area contributed by atoms with Gasteiger partial charge in [0.05, 0.1) is 6.17 Å². The van der Waals surface area contributed by atoms with Gasteiger partial charge in [-0.25, -0.2) is 0 Å². The van der Waals surface area contributed by atoms with E-state index in [-0.39, 0.29) is 17.5 Å². The number of carbonyl (C=O) groups excluding carboxylic acids is 1. The van der Waals surface area contributed by atoms with Crippen molar-refractivity contribution < 1.29 is 4.79 Å². The van der Waals surface area contributed by atoms with Crippen molar-refractivity contribution in [2.75, 3.05) is 6.54 Å². The average Bonchev–Trinajstić information content (AvgIpc) is 2.09. The third kappa shape index (κ3) is 1.38. The Kier molecular flexibility index (Phi) is 1.92. The number of nitrogens with two attached hydrogens (primary N) is 1. The highest BCUT2D eigenvalue weighted by Gasteiger charge is 2.39. The summed E-state index contributed by atoms with van der Waals surface area (Å²) in [5.74, 6) is 0.188. The predicted octanol–water partition coefficient (Wildman–Crippen LogP) is 0.550. The number of rotatable bonds is 1. The molecule has 1 fully saturated rings. The number of hydrogen-bond acceptors (Lipinski definition) is 2. The topological polar surface area (TPSA) is 46.3 Å². The van der Waals surface area contributed by atoms with Crippen LogP contribution in [-0.2, 0) is 4.79 Å². The zero-order valence-electron chi connectivity index (χ0n) is 7.42. The lowest BCUT2D eigenvalue weighted by atomic mass is 9.92. The minimum Gasteiger partial charge on any atom is -0.327 e. The predicted molar refractivity (Wildman–Crippen MR) is 43.8 cm³/mol. The lowest BCUT2D eigenvalue weighted by molar-refractivity contribution is -0.136. The van der Waals surface area contributed by atoms with E-state index in [0.29, 0.717) is 0 Å². The van der Waals surface area contributed by atoms with E-state index in [1.54, 1.807) is 4.90 Å². The van der Waals surface area contributed by atoms with Crippen LogP contribution in [0.4, 0.5) is 0 Å². The first-order valence-corrected chi connectivity index (χ1v) is 4.02. The maximum Gasteiger partial charge on any atom is 0.229 e. The molecule has 11 heavy (non-hydrogen) atoms. The Morgan fingerprint density at radius 3 is 2.36 bits per heavy atom. The molecule has 2 N–H and O–H groups in total. The molecule has 0 saturated carbocycles. The third-order valence-electron chi connectivity index (χ3n) is 2.31. The summed E-state index contributed by atoms with van der Waals surface area (Å²) in [4.78, 5) is 13.3. The van der Waals surface area contributed by atoms with Gasteiger partial charge in [-0.15, -0.1) is 0 Å². The summed E-state index contributed by atoms with van der Waals surface area (Å²) in [6.45, 7) is 6.60. The van der Waals surface area contributed by atoms with Gasteiger partial charge in [-0.05, 0) is 13.3 Å². The molecule has 0 aliphatic carbocycles. The van der Waals surface area contributed by atoms with Gasteiger partial charge in [0.25, 0.3) is 0 Å². The second kappa shape index (κ2) is 2.48. The highest BCUT2D eigenvalue weighted by molar-refractivity contribution is 5.84. The fraction of sp³-hybridized carbons (Fsp3) is 0.875. The van der Waals surface area contributed by atoms with Gasteiger partial charge in [0.2, 0.25) is 5.91 Å². The minimum atomic E-state index is -0.187. The van der Waals surface area contributed by atoms with Gasteiger partial charge in [0.15, 0.2) is 0 Å². The summed E-state index contributed by atoms with van der Waals surface area (Å²) < 4.78 is 0. The van der Waals surface area contributed by atoms with Crippen LogP contribution in [0, 0.1) is 5.41 Å². The van der Waals surface area contributed by atoms with E-state index in [4.69, 9.17) is 5.73 Å². The number of amides is 1. The zero-order valence-corrected chi connectivity index (χ0v) is 7.42. The molecule has 0 radical (unpaired) electrons. The van der Waals surface area contributed by atoms with Crippen LogP contribution in [0.2, 0.25) is 0 Å². The molecule has 0 bridgehead atoms. The number of nitrogens with zero attached hydrogens (tertiary/aromatic N) is 1. The Morgan fingerprint density at radius 1 is 1.64 bits per heavy atom. The summed E-state index contributed by atoms with van der Waals surface area (Å²) in [7, 11) is 0. The molecule has 1 amide bonds. The molecule has 1 saturated heterocycles. The summed E-state index contributed by atoms with van der Waals surface area (Å²) in [5.41, 5.74) is 5.43. The van der Waals surface area contributed by atoms with E-state index in [1.165, 1.54) is 0 Å². The second-order valence-electron chi connectivity index (χ2n) is 3.87. The Bertz CT molecular complexity index is 175. The molecule has 0 spiro atoms. The van der Waals surface area contributed by atoms with E-state index >= 15 is 0 Å². The lowest BCUT2D eigenvalue weighted by Crippen LogP contribution is -2.42. The quantitative estimate of drug-likeness (QED) is 0.602. The molecule has 1 rings (SSSR count). The Balaban J connectivity index is 2.71. The van der Waals surface area contributed by atoms with Gasteiger partial charge in [-0.2, -0.15) is 0 Å². The zero-order chi connectivity index (χ0) is 8.65. The van der Waals surface area contributed by atoms with Crippen LogP contribution in [0.1, 0.15) is 27.2 Å². The maximum absolute atomic E-state index is 11.5. The smallest absolute Gasteiger partial charge is 0.229 e. The Hall–Kier alpha value is -0.570. The van der Waals surface area contributed by atoms with Gasteiger partial charge in [0.1, 0.15) is 0 Å². The molecule has 1 heterocycles. The van der Waals surface area contributed by atoms with E-state index in [2.05, 4.69) is 0 Å². The van der Waals surface area contributed by atoms with Gasteiger partial charge >= 0.3 is 0 Å². The summed E-state index contributed by atoms with van der Waals surface area (Å²) in [6.07, 6.45) is 0.789. The fourth-order valence-corrected chi connectivity index (χ4v) is 1.39. The van der Waals surface area contributed by atoms with Crippen molar-refractivity contribution in [1.29, 1.82) is 0 Å². The molecule has 1 atom stereocenters. The molecule has 0 aromatic heterocycles. The SMILES string of the molecule is CC(N)N1CCC(C)(C)C1=O. The van der Waals surface area contributed by atoms with Gasteiger partial charge in [0, 0.05) is 12.0 Å². The van der Waals surface area contributed by atoms with Crippen LogP contribution < -0.4 is 5.73 Å². The Morgan fingerprint density at radius 2 is 2.18 bits per heavy atom. The molecule has 0 aromatic carbocycles. The fourth-order valence-electron chi connectivity index (χ4n) is 1.39. The van der Waals surface area contributed by atoms with Crippen LogP contribution in [0.25, 0.3) is 0 Å². The first-order chi connectivity index (χ1) is 4.95. The van der Waals surface area contributed by atoms with Gasteiger partial charge in [-0.1, -0.05) is 13.8 Å². The minimum absolute atomic E-state index is 0.135. The van der Waals surface area contributed by atoms with Crippen molar-refractivity contribution in [1.82, 2.24) is 4.90 Å². The lowest BCUT2D eigenvalue weighted by Gasteiger charge is -2.22. The van der Waals surface area contributed by atoms with Gasteiger partial charge < -0.3 is 10.6 Å². The second-order valence-corrected chi connectivity index (χ2v) is 3.87. The molecule has 1 unspecified atom stereocenters. The molecule has 1 aliphatic heterocycles. The van der Waals surface area contributed by atoms with Crippen molar-refractivity contribution in [3.63, 3.8) is 0 Å². The molecule has 0 aromatic rings. The summed E-state index contributed by atoms with van der Waals surface area (Å²) in [5, 5.41) is 0. The highest BCUT2D eigenvalue weighted by Crippen LogP contribution is 2.30. The van der Waals surface area contributed by atoms with Crippen LogP contribution in [0.5, 0.6) is 0 Å². The van der Waals surface area contributed by atoms with Crippen molar-refractivity contribution in [2.45, 2.75) is 33.4 Å². The molecule has 3 nitrogen and oxygen atoms in total. The van der Waals surface area contributed by atoms with Crippen molar-refractivity contribution >= 4 is 5.91 Å². The first-order valence-electron chi connectivity index (χ1n) is 4.02. The molecule has 64 valence electrons. The van der Waals surface area contributed by atoms with Crippen molar-refractivity contribution in [3.05, 3.63) is 0 Å². The van der Waals surface area contributed by atoms with Crippen LogP contribution in [0.3, 0.4) is 0 Å². The standard InChI is InChI=1S/C8H16N2O/c1-6(9)10-5-4-8(2,3)7(10)11/h6H,4-5,9H2,1-3H3. The maximum atomic E-state index is 11.5. The first kappa shape index (κ1) is 8.53. The third-order valence-corrected chi connectivity index (χ3v) is 2.31. The molecular formula is C8H16N2O. The number of hydrogen-bond donors (Lipinski definition) is 1. The largest absolute Gasteiger partial charge is 0.327 e. The van der Waals surface area contributed by atoms with E-state index in [9.17, 15) is 4.79 Å². The van der Waals surface area contributed by atoms with E-state index < -0.39 is 0 Å². The Labute approximate surface area is 67.5 Å². The van der Waals surface area contributed by atoms with Crippen LogP contribution in [-0.4, -0.2) is 23.5 Å². The van der Waals surface area contributed by atoms with Crippen LogP contribution in [0.15, 0.2) is 0 Å². The monoisotopic (exact) mass is 156 g/mol. The normalized spacial score (nSPS) is 25.8. The highest BCUT2D eigenvalue weighted by atomic mass is 16.2. The van der Waals surface area contributed by atoms with Crippen molar-refractivity contribution in [2.24, 2.45) is 11.1 Å². The summed E-state index contributed by atoms with van der Waals surface area (Å²) >= 11 is 0. The molecule has 1 aliphatic rings. The van der Waals surface area contributed by atoms with E-state index in [1.807, 2.05) is 20.8 Å².